The summed E-state index contributed by atoms with van der Waals surface area (Å²) in [4.78, 5) is 27.5. The summed E-state index contributed by atoms with van der Waals surface area (Å²) in [5.74, 6) is 0.857. The fourth-order valence-corrected chi connectivity index (χ4v) is 4.80. The number of ether oxygens (including phenoxy) is 2. The van der Waals surface area contributed by atoms with Gasteiger partial charge in [0.2, 0.25) is 0 Å². The van der Waals surface area contributed by atoms with E-state index < -0.39 is 5.54 Å². The minimum absolute atomic E-state index is 0.130. The van der Waals surface area contributed by atoms with Crippen LogP contribution in [0.25, 0.3) is 0 Å². The van der Waals surface area contributed by atoms with Gasteiger partial charge in [0.05, 0.1) is 24.8 Å². The molecule has 1 unspecified atom stereocenters. The summed E-state index contributed by atoms with van der Waals surface area (Å²) in [5, 5.41) is 3.40. The zero-order chi connectivity index (χ0) is 20.0. The van der Waals surface area contributed by atoms with Crippen molar-refractivity contribution in [3.05, 3.63) is 58.1 Å². The number of aryl methyl sites for hydroxylation is 1. The highest BCUT2D eigenvalue weighted by Gasteiger charge is 2.53. The molecule has 6 nitrogen and oxygen atoms in total. The first-order valence-corrected chi connectivity index (χ1v) is 10.3. The van der Waals surface area contributed by atoms with Gasteiger partial charge in [-0.1, -0.05) is 35.9 Å². The van der Waals surface area contributed by atoms with E-state index in [4.69, 9.17) is 21.1 Å². The van der Waals surface area contributed by atoms with Gasteiger partial charge in [0, 0.05) is 6.42 Å². The Morgan fingerprint density at radius 2 is 1.93 bits per heavy atom. The van der Waals surface area contributed by atoms with Crippen LogP contribution < -0.4 is 14.8 Å². The van der Waals surface area contributed by atoms with E-state index in [9.17, 15) is 9.59 Å². The number of carbonyl (C=O) groups excluding carboxylic acids is 2. The Balaban J connectivity index is 1.47. The first-order chi connectivity index (χ1) is 14.1. The van der Waals surface area contributed by atoms with Crippen LogP contribution in [0.3, 0.4) is 0 Å². The van der Waals surface area contributed by atoms with E-state index in [-0.39, 0.29) is 18.5 Å². The molecule has 150 valence electrons. The zero-order valence-corrected chi connectivity index (χ0v) is 16.6. The van der Waals surface area contributed by atoms with E-state index >= 15 is 0 Å². The van der Waals surface area contributed by atoms with Crippen molar-refractivity contribution in [1.29, 1.82) is 0 Å². The summed E-state index contributed by atoms with van der Waals surface area (Å²) in [5.41, 5.74) is 1.78. The maximum absolute atomic E-state index is 13.4. The monoisotopic (exact) mass is 412 g/mol. The summed E-state index contributed by atoms with van der Waals surface area (Å²) >= 11 is 6.38. The van der Waals surface area contributed by atoms with Crippen LogP contribution in [0.2, 0.25) is 5.02 Å². The van der Waals surface area contributed by atoms with Crippen LogP contribution in [0.4, 0.5) is 4.79 Å². The van der Waals surface area contributed by atoms with E-state index in [2.05, 4.69) is 5.32 Å². The molecule has 0 aromatic heterocycles. The van der Waals surface area contributed by atoms with Crippen molar-refractivity contribution in [3.63, 3.8) is 0 Å². The maximum atomic E-state index is 13.4. The normalized spacial score (nSPS) is 23.0. The van der Waals surface area contributed by atoms with Crippen molar-refractivity contribution in [1.82, 2.24) is 10.2 Å². The summed E-state index contributed by atoms with van der Waals surface area (Å²) in [6, 6.07) is 11.0. The quantitative estimate of drug-likeness (QED) is 0.762. The number of hydrogen-bond acceptors (Lipinski definition) is 4. The number of fused-ring (bicyclic) bond motifs is 3. The molecule has 7 heteroatoms. The largest absolute Gasteiger partial charge is 0.489 e. The van der Waals surface area contributed by atoms with E-state index in [0.717, 1.165) is 36.0 Å². The molecule has 1 saturated heterocycles. The molecule has 2 aromatic rings. The number of hydrogen-bond donors (Lipinski definition) is 1. The van der Waals surface area contributed by atoms with Crippen LogP contribution in [0.5, 0.6) is 11.5 Å². The lowest BCUT2D eigenvalue weighted by Crippen LogP contribution is -2.46. The predicted molar refractivity (Wildman–Crippen MR) is 107 cm³/mol. The average molecular weight is 413 g/mol. The summed E-state index contributed by atoms with van der Waals surface area (Å²) < 4.78 is 11.4. The van der Waals surface area contributed by atoms with E-state index in [0.29, 0.717) is 36.2 Å². The van der Waals surface area contributed by atoms with Gasteiger partial charge in [-0.2, -0.15) is 0 Å². The molecule has 3 aliphatic rings. The van der Waals surface area contributed by atoms with Gasteiger partial charge in [0.15, 0.2) is 11.5 Å². The van der Waals surface area contributed by atoms with Crippen LogP contribution in [0, 0.1) is 0 Å². The Hall–Kier alpha value is -2.73. The number of imide groups is 1. The van der Waals surface area contributed by atoms with Gasteiger partial charge in [-0.15, -0.1) is 0 Å². The molecule has 2 aromatic carbocycles. The maximum Gasteiger partial charge on any atom is 0.325 e. The van der Waals surface area contributed by atoms with Gasteiger partial charge in [0.25, 0.3) is 5.91 Å². The minimum Gasteiger partial charge on any atom is -0.489 e. The molecular weight excluding hydrogens is 392 g/mol. The second-order valence-corrected chi connectivity index (χ2v) is 8.10. The van der Waals surface area contributed by atoms with Crippen LogP contribution in [-0.4, -0.2) is 30.1 Å². The molecule has 0 bridgehead atoms. The number of halogens is 1. The van der Waals surface area contributed by atoms with Crippen molar-refractivity contribution < 1.29 is 19.1 Å². The highest BCUT2D eigenvalue weighted by atomic mass is 35.5. The molecule has 2 heterocycles. The Morgan fingerprint density at radius 3 is 2.83 bits per heavy atom. The number of rotatable bonds is 2. The Labute approximate surface area is 173 Å². The van der Waals surface area contributed by atoms with Crippen LogP contribution >= 0.6 is 11.6 Å². The lowest BCUT2D eigenvalue weighted by atomic mass is 9.76. The molecule has 29 heavy (non-hydrogen) atoms. The molecule has 1 N–H and O–H groups in total. The molecule has 1 aliphatic carbocycles. The van der Waals surface area contributed by atoms with Crippen molar-refractivity contribution in [3.8, 4) is 11.5 Å². The van der Waals surface area contributed by atoms with Gasteiger partial charge in [-0.25, -0.2) is 4.79 Å². The second kappa shape index (κ2) is 6.95. The van der Waals surface area contributed by atoms with Crippen LogP contribution in [0.15, 0.2) is 36.4 Å². The van der Waals surface area contributed by atoms with Crippen molar-refractivity contribution in [2.24, 2.45) is 0 Å². The SMILES string of the molecule is O=C1NC2(CCCc3ccccc32)C(=O)N1Cc1cc(Cl)c2c(c1)OCCCO2. The molecule has 1 atom stereocenters. The standard InChI is InChI=1S/C22H21ClN2O4/c23-17-11-14(12-18-19(17)29-10-4-9-28-18)13-25-20(26)22(24-21(25)27)8-3-6-15-5-1-2-7-16(15)22/h1-2,5,7,11-12H,3-4,6,8-10,13H2,(H,24,27). The highest BCUT2D eigenvalue weighted by molar-refractivity contribution is 6.32. The first-order valence-electron chi connectivity index (χ1n) is 9.89. The van der Waals surface area contributed by atoms with Crippen molar-refractivity contribution in [2.45, 2.75) is 37.8 Å². The predicted octanol–water partition coefficient (Wildman–Crippen LogP) is 3.78. The number of nitrogens with one attached hydrogen (secondary N) is 1. The van der Waals surface area contributed by atoms with E-state index in [1.807, 2.05) is 24.3 Å². The molecular formula is C22H21ClN2O4. The smallest absolute Gasteiger partial charge is 0.325 e. The Bertz CT molecular complexity index is 1010. The second-order valence-electron chi connectivity index (χ2n) is 7.69. The number of urea groups is 1. The van der Waals surface area contributed by atoms with Crippen LogP contribution in [-0.2, 0) is 23.3 Å². The fraction of sp³-hybridized carbons (Fsp3) is 0.364. The zero-order valence-electron chi connectivity index (χ0n) is 15.9. The van der Waals surface area contributed by atoms with Gasteiger partial charge in [0.1, 0.15) is 5.54 Å². The average Bonchev–Trinajstić information content (AvgIpc) is 2.89. The molecule has 0 saturated carbocycles. The fourth-order valence-electron chi connectivity index (χ4n) is 4.51. The number of amides is 3. The lowest BCUT2D eigenvalue weighted by molar-refractivity contribution is -0.132. The number of nitrogens with zero attached hydrogens (tertiary/aromatic N) is 1. The topological polar surface area (TPSA) is 67.9 Å². The summed E-state index contributed by atoms with van der Waals surface area (Å²) in [6.45, 7) is 1.21. The van der Waals surface area contributed by atoms with E-state index in [1.165, 1.54) is 4.90 Å². The van der Waals surface area contributed by atoms with Gasteiger partial charge < -0.3 is 14.8 Å². The lowest BCUT2D eigenvalue weighted by Gasteiger charge is -2.33. The molecule has 1 fully saturated rings. The molecule has 2 aliphatic heterocycles. The third kappa shape index (κ3) is 2.94. The van der Waals surface area contributed by atoms with Crippen LogP contribution in [0.1, 0.15) is 36.0 Å². The molecule has 5 rings (SSSR count). The van der Waals surface area contributed by atoms with Gasteiger partial charge in [-0.05, 0) is 48.1 Å². The Kier molecular flexibility index (Phi) is 4.39. The molecule has 1 spiro atoms. The Morgan fingerprint density at radius 1 is 1.10 bits per heavy atom. The first kappa shape index (κ1) is 18.3. The summed E-state index contributed by atoms with van der Waals surface area (Å²) in [7, 11) is 0. The molecule has 3 amide bonds. The summed E-state index contributed by atoms with van der Waals surface area (Å²) in [6.07, 6.45) is 3.15. The third-order valence-corrected chi connectivity index (χ3v) is 6.13. The number of benzene rings is 2. The highest BCUT2D eigenvalue weighted by Crippen LogP contribution is 2.42. The van der Waals surface area contributed by atoms with Crippen molar-refractivity contribution >= 4 is 23.5 Å². The van der Waals surface area contributed by atoms with Gasteiger partial charge in [-0.3, -0.25) is 9.69 Å². The third-order valence-electron chi connectivity index (χ3n) is 5.85. The minimum atomic E-state index is -0.971. The number of carbonyl (C=O) groups is 2. The van der Waals surface area contributed by atoms with Gasteiger partial charge >= 0.3 is 6.03 Å². The van der Waals surface area contributed by atoms with E-state index in [1.54, 1.807) is 12.1 Å². The molecule has 0 radical (unpaired) electrons. The van der Waals surface area contributed by atoms with Crippen molar-refractivity contribution in [2.75, 3.05) is 13.2 Å².